The zero-order valence-corrected chi connectivity index (χ0v) is 18.6. The van der Waals surface area contributed by atoms with Crippen molar-refractivity contribution in [2.45, 2.75) is 30.7 Å². The van der Waals surface area contributed by atoms with Gasteiger partial charge in [0.25, 0.3) is 0 Å². The summed E-state index contributed by atoms with van der Waals surface area (Å²) in [6.45, 7) is 2.11. The number of hydrogen-bond acceptors (Lipinski definition) is 6. The van der Waals surface area contributed by atoms with Crippen LogP contribution in [0.25, 0.3) is 0 Å². The number of rotatable bonds is 7. The molecule has 0 aliphatic carbocycles. The van der Waals surface area contributed by atoms with Gasteiger partial charge in [-0.25, -0.2) is 8.42 Å². The number of nitrogens with zero attached hydrogens (tertiary/aromatic N) is 1. The Balaban J connectivity index is 2.12. The van der Waals surface area contributed by atoms with Gasteiger partial charge < -0.3 is 14.2 Å². The molecule has 0 fully saturated rings. The van der Waals surface area contributed by atoms with Crippen molar-refractivity contribution in [1.82, 2.24) is 4.31 Å². The summed E-state index contributed by atoms with van der Waals surface area (Å²) in [6, 6.07) is 9.07. The first-order chi connectivity index (χ1) is 14.3. The third-order valence-electron chi connectivity index (χ3n) is 5.04. The molecule has 30 heavy (non-hydrogen) atoms. The van der Waals surface area contributed by atoms with Gasteiger partial charge in [-0.05, 0) is 48.7 Å². The Morgan fingerprint density at radius 2 is 1.83 bits per heavy atom. The van der Waals surface area contributed by atoms with Crippen molar-refractivity contribution in [3.05, 3.63) is 52.5 Å². The molecule has 1 atom stereocenters. The number of ether oxygens (including phenoxy) is 3. The van der Waals surface area contributed by atoms with Gasteiger partial charge in [0, 0.05) is 6.54 Å². The molecule has 0 radical (unpaired) electrons. The Morgan fingerprint density at radius 1 is 1.17 bits per heavy atom. The lowest BCUT2D eigenvalue weighted by atomic mass is 9.91. The van der Waals surface area contributed by atoms with E-state index in [1.165, 1.54) is 30.7 Å². The topological polar surface area (TPSA) is 82.1 Å². The van der Waals surface area contributed by atoms with E-state index in [1.807, 2.05) is 6.07 Å². The van der Waals surface area contributed by atoms with Crippen molar-refractivity contribution in [1.29, 1.82) is 0 Å². The van der Waals surface area contributed by atoms with Gasteiger partial charge in [-0.15, -0.1) is 0 Å². The number of hydrogen-bond donors (Lipinski definition) is 0. The standard InChI is InChI=1S/C21H24ClNO6S/c1-4-29-21(24)13-17-15-12-19(28-3)18(27-2)11-14(15)9-10-23(17)30(25,26)20-8-6-5-7-16(20)22/h5-8,11-12,17H,4,9-10,13H2,1-3H3. The zero-order chi connectivity index (χ0) is 21.9. The first-order valence-corrected chi connectivity index (χ1v) is 11.3. The maximum Gasteiger partial charge on any atom is 0.307 e. The van der Waals surface area contributed by atoms with E-state index in [9.17, 15) is 13.2 Å². The lowest BCUT2D eigenvalue weighted by Gasteiger charge is -2.36. The van der Waals surface area contributed by atoms with Gasteiger partial charge in [0.2, 0.25) is 10.0 Å². The minimum Gasteiger partial charge on any atom is -0.493 e. The molecule has 1 heterocycles. The fraction of sp³-hybridized carbons (Fsp3) is 0.381. The van der Waals surface area contributed by atoms with Gasteiger partial charge in [0.1, 0.15) is 4.90 Å². The maximum absolute atomic E-state index is 13.5. The quantitative estimate of drug-likeness (QED) is 0.596. The lowest BCUT2D eigenvalue weighted by Crippen LogP contribution is -2.41. The van der Waals surface area contributed by atoms with E-state index in [0.717, 1.165) is 5.56 Å². The smallest absolute Gasteiger partial charge is 0.307 e. The van der Waals surface area contributed by atoms with Gasteiger partial charge in [-0.1, -0.05) is 23.7 Å². The average Bonchev–Trinajstić information content (AvgIpc) is 2.73. The van der Waals surface area contributed by atoms with Crippen LogP contribution in [0.2, 0.25) is 5.02 Å². The summed E-state index contributed by atoms with van der Waals surface area (Å²) in [4.78, 5) is 12.4. The number of carbonyl (C=O) groups excluding carboxylic acids is 1. The van der Waals surface area contributed by atoms with Crippen molar-refractivity contribution in [3.63, 3.8) is 0 Å². The number of sulfonamides is 1. The number of fused-ring (bicyclic) bond motifs is 1. The monoisotopic (exact) mass is 453 g/mol. The summed E-state index contributed by atoms with van der Waals surface area (Å²) in [6.07, 6.45) is 0.332. The normalized spacial score (nSPS) is 16.6. The SMILES string of the molecule is CCOC(=O)CC1c2cc(OC)c(OC)cc2CCN1S(=O)(=O)c1ccccc1Cl. The molecule has 7 nitrogen and oxygen atoms in total. The van der Waals surface area contributed by atoms with Gasteiger partial charge in [-0.3, -0.25) is 4.79 Å². The predicted molar refractivity (Wildman–Crippen MR) is 113 cm³/mol. The lowest BCUT2D eigenvalue weighted by molar-refractivity contribution is -0.144. The Bertz CT molecular complexity index is 1040. The minimum atomic E-state index is -3.96. The molecule has 0 spiro atoms. The molecule has 1 aliphatic heterocycles. The molecule has 0 amide bonds. The van der Waals surface area contributed by atoms with Crippen molar-refractivity contribution in [2.24, 2.45) is 0 Å². The first-order valence-electron chi connectivity index (χ1n) is 9.50. The second kappa shape index (κ2) is 9.24. The highest BCUT2D eigenvalue weighted by molar-refractivity contribution is 7.89. The Kier molecular flexibility index (Phi) is 6.90. The molecule has 162 valence electrons. The number of methoxy groups -OCH3 is 2. The van der Waals surface area contributed by atoms with Crippen LogP contribution in [-0.2, 0) is 26.0 Å². The Hall–Kier alpha value is -2.29. The van der Waals surface area contributed by atoms with Gasteiger partial charge >= 0.3 is 5.97 Å². The molecule has 0 saturated carbocycles. The summed E-state index contributed by atoms with van der Waals surface area (Å²) in [7, 11) is -0.914. The van der Waals surface area contributed by atoms with E-state index in [2.05, 4.69) is 0 Å². The highest BCUT2D eigenvalue weighted by atomic mass is 35.5. The van der Waals surface area contributed by atoms with Crippen molar-refractivity contribution in [3.8, 4) is 11.5 Å². The summed E-state index contributed by atoms with van der Waals surface area (Å²) >= 11 is 6.18. The van der Waals surface area contributed by atoms with E-state index in [0.29, 0.717) is 23.5 Å². The highest BCUT2D eigenvalue weighted by Gasteiger charge is 2.39. The van der Waals surface area contributed by atoms with E-state index in [-0.39, 0.29) is 29.5 Å². The van der Waals surface area contributed by atoms with Crippen LogP contribution in [0.4, 0.5) is 0 Å². The molecule has 1 unspecified atom stereocenters. The van der Waals surface area contributed by atoms with E-state index < -0.39 is 22.0 Å². The third kappa shape index (κ3) is 4.26. The number of carbonyl (C=O) groups is 1. The fourth-order valence-corrected chi connectivity index (χ4v) is 5.76. The third-order valence-corrected chi connectivity index (χ3v) is 7.45. The average molecular weight is 454 g/mol. The number of benzene rings is 2. The van der Waals surface area contributed by atoms with Crippen molar-refractivity contribution >= 4 is 27.6 Å². The van der Waals surface area contributed by atoms with Gasteiger partial charge in [0.05, 0.1) is 38.3 Å². The molecule has 2 aromatic rings. The highest BCUT2D eigenvalue weighted by Crippen LogP contribution is 2.42. The predicted octanol–water partition coefficient (Wildman–Crippen LogP) is 3.60. The summed E-state index contributed by atoms with van der Waals surface area (Å²) in [5.74, 6) is 0.528. The molecule has 0 bridgehead atoms. The Morgan fingerprint density at radius 3 is 2.47 bits per heavy atom. The van der Waals surface area contributed by atoms with Gasteiger partial charge in [-0.2, -0.15) is 4.31 Å². The van der Waals surface area contributed by atoms with Gasteiger partial charge in [0.15, 0.2) is 11.5 Å². The zero-order valence-electron chi connectivity index (χ0n) is 17.1. The molecular formula is C21H24ClNO6S. The molecule has 0 aromatic heterocycles. The van der Waals surface area contributed by atoms with Crippen LogP contribution in [0, 0.1) is 0 Å². The van der Waals surface area contributed by atoms with Crippen LogP contribution < -0.4 is 9.47 Å². The van der Waals surface area contributed by atoms with Crippen LogP contribution in [-0.4, -0.2) is 46.1 Å². The molecule has 1 aliphatic rings. The van der Waals surface area contributed by atoms with Crippen molar-refractivity contribution < 1.29 is 27.4 Å². The van der Waals surface area contributed by atoms with Crippen LogP contribution in [0.3, 0.4) is 0 Å². The van der Waals surface area contributed by atoms with E-state index in [1.54, 1.807) is 25.1 Å². The number of esters is 1. The van der Waals surface area contributed by atoms with Crippen LogP contribution in [0.15, 0.2) is 41.3 Å². The summed E-state index contributed by atoms with van der Waals surface area (Å²) in [5.41, 5.74) is 1.58. The second-order valence-corrected chi connectivity index (χ2v) is 8.99. The molecule has 2 aromatic carbocycles. The second-order valence-electron chi connectivity index (χ2n) is 6.73. The molecule has 9 heteroatoms. The van der Waals surface area contributed by atoms with Crippen LogP contribution in [0.1, 0.15) is 30.5 Å². The number of halogens is 1. The van der Waals surface area contributed by atoms with Crippen LogP contribution >= 0.6 is 11.6 Å². The fourth-order valence-electron chi connectivity index (χ4n) is 3.66. The van der Waals surface area contributed by atoms with E-state index >= 15 is 0 Å². The molecular weight excluding hydrogens is 430 g/mol. The molecule has 0 N–H and O–H groups in total. The van der Waals surface area contributed by atoms with Crippen molar-refractivity contribution in [2.75, 3.05) is 27.4 Å². The molecule has 3 rings (SSSR count). The Labute approximate surface area is 181 Å². The largest absolute Gasteiger partial charge is 0.493 e. The van der Waals surface area contributed by atoms with E-state index in [4.69, 9.17) is 25.8 Å². The minimum absolute atomic E-state index is 0.00412. The summed E-state index contributed by atoms with van der Waals surface area (Å²) in [5, 5.41) is 0.130. The van der Waals surface area contributed by atoms with Crippen LogP contribution in [0.5, 0.6) is 11.5 Å². The molecule has 0 saturated heterocycles. The summed E-state index contributed by atoms with van der Waals surface area (Å²) < 4.78 is 44.2. The maximum atomic E-state index is 13.5. The first kappa shape index (κ1) is 22.4.